The number of thiazole rings is 1. The second-order valence-corrected chi connectivity index (χ2v) is 9.07. The van der Waals surface area contributed by atoms with Gasteiger partial charge in [-0.3, -0.25) is 0 Å². The van der Waals surface area contributed by atoms with Crippen molar-refractivity contribution in [2.45, 2.75) is 56.9 Å². The first-order valence-electron chi connectivity index (χ1n) is 9.59. The number of nitrogens with zero attached hydrogens (tertiary/aromatic N) is 2. The number of piperidine rings is 1. The highest BCUT2D eigenvalue weighted by Gasteiger charge is 2.53. The summed E-state index contributed by atoms with van der Waals surface area (Å²) in [6.07, 6.45) is 8.23. The lowest BCUT2D eigenvalue weighted by molar-refractivity contribution is 0.00298. The van der Waals surface area contributed by atoms with E-state index in [9.17, 15) is 0 Å². The quantitative estimate of drug-likeness (QED) is 0.876. The standard InChI is InChI=1S/C20H27N3S/c1-3-21-19-22-16-12-15-13(11-18(16)24-19)10-17-14-6-4-5-7-20(14,15)8-9-23(17)2/h11-12,14,17H,3-10H2,1-2H3,(H,21,22)/t14-,17+,20+/m0/s1. The zero-order valence-electron chi connectivity index (χ0n) is 14.8. The molecule has 5 rings (SSSR count). The topological polar surface area (TPSA) is 28.2 Å². The number of likely N-dealkylation sites (N-methyl/N-ethyl adjacent to an activating group) is 1. The molecule has 0 spiro atoms. The molecule has 0 radical (unpaired) electrons. The van der Waals surface area contributed by atoms with E-state index < -0.39 is 0 Å². The van der Waals surface area contributed by atoms with E-state index >= 15 is 0 Å². The van der Waals surface area contributed by atoms with Gasteiger partial charge in [0.15, 0.2) is 5.13 Å². The smallest absolute Gasteiger partial charge is 0.183 e. The Bertz CT molecular complexity index is 783. The summed E-state index contributed by atoms with van der Waals surface area (Å²) in [5.41, 5.74) is 4.94. The van der Waals surface area contributed by atoms with Crippen molar-refractivity contribution in [3.05, 3.63) is 23.3 Å². The molecule has 1 aromatic carbocycles. The van der Waals surface area contributed by atoms with Gasteiger partial charge in [-0.2, -0.15) is 0 Å². The van der Waals surface area contributed by atoms with Gasteiger partial charge >= 0.3 is 0 Å². The van der Waals surface area contributed by atoms with E-state index in [0.717, 1.165) is 23.6 Å². The van der Waals surface area contributed by atoms with E-state index in [0.29, 0.717) is 5.41 Å². The molecule has 1 aromatic heterocycles. The van der Waals surface area contributed by atoms with Crippen LogP contribution < -0.4 is 5.32 Å². The Morgan fingerprint density at radius 3 is 3.12 bits per heavy atom. The number of benzene rings is 1. The van der Waals surface area contributed by atoms with E-state index in [4.69, 9.17) is 4.98 Å². The average Bonchev–Trinajstić information content (AvgIpc) is 2.98. The molecule has 2 fully saturated rings. The summed E-state index contributed by atoms with van der Waals surface area (Å²) in [6.45, 7) is 4.35. The normalized spacial score (nSPS) is 32.4. The molecule has 2 bridgehead atoms. The van der Waals surface area contributed by atoms with Crippen LogP contribution in [0.3, 0.4) is 0 Å². The molecule has 3 aliphatic rings. The van der Waals surface area contributed by atoms with E-state index in [-0.39, 0.29) is 0 Å². The molecule has 3 atom stereocenters. The van der Waals surface area contributed by atoms with Gasteiger partial charge in [-0.05, 0) is 75.4 Å². The van der Waals surface area contributed by atoms with Crippen molar-refractivity contribution in [1.82, 2.24) is 9.88 Å². The van der Waals surface area contributed by atoms with Crippen LogP contribution in [-0.2, 0) is 11.8 Å². The van der Waals surface area contributed by atoms with Gasteiger partial charge in [-0.1, -0.05) is 24.2 Å². The third-order valence-electron chi connectivity index (χ3n) is 6.95. The highest BCUT2D eigenvalue weighted by Crippen LogP contribution is 2.56. The number of fused-ring (bicyclic) bond motifs is 2. The van der Waals surface area contributed by atoms with Crippen LogP contribution in [0, 0.1) is 5.92 Å². The molecule has 2 aliphatic carbocycles. The van der Waals surface area contributed by atoms with Crippen molar-refractivity contribution in [1.29, 1.82) is 0 Å². The zero-order chi connectivity index (χ0) is 16.3. The van der Waals surface area contributed by atoms with E-state index in [1.807, 2.05) is 11.3 Å². The second kappa shape index (κ2) is 5.43. The summed E-state index contributed by atoms with van der Waals surface area (Å²) >= 11 is 1.81. The number of hydrogen-bond donors (Lipinski definition) is 1. The third kappa shape index (κ3) is 2.02. The number of anilines is 1. The van der Waals surface area contributed by atoms with Gasteiger partial charge in [-0.15, -0.1) is 0 Å². The lowest BCUT2D eigenvalue weighted by Gasteiger charge is -2.58. The van der Waals surface area contributed by atoms with Gasteiger partial charge in [0, 0.05) is 18.0 Å². The minimum atomic E-state index is 0.444. The maximum atomic E-state index is 4.86. The highest BCUT2D eigenvalue weighted by molar-refractivity contribution is 7.22. The van der Waals surface area contributed by atoms with Crippen molar-refractivity contribution >= 4 is 26.7 Å². The molecule has 1 N–H and O–H groups in total. The average molecular weight is 342 g/mol. The van der Waals surface area contributed by atoms with Crippen LogP contribution in [0.25, 0.3) is 10.2 Å². The van der Waals surface area contributed by atoms with Gasteiger partial charge in [0.1, 0.15) is 0 Å². The molecule has 1 aliphatic heterocycles. The minimum absolute atomic E-state index is 0.444. The first-order chi connectivity index (χ1) is 11.7. The lowest BCUT2D eigenvalue weighted by atomic mass is 9.52. The van der Waals surface area contributed by atoms with Crippen molar-refractivity contribution in [2.75, 3.05) is 25.5 Å². The molecule has 2 aromatic rings. The van der Waals surface area contributed by atoms with Crippen LogP contribution in [0.1, 0.15) is 50.2 Å². The number of nitrogens with one attached hydrogen (secondary N) is 1. The van der Waals surface area contributed by atoms with Crippen LogP contribution >= 0.6 is 11.3 Å². The maximum Gasteiger partial charge on any atom is 0.183 e. The van der Waals surface area contributed by atoms with Crippen molar-refractivity contribution < 1.29 is 0 Å². The van der Waals surface area contributed by atoms with Gasteiger partial charge in [0.25, 0.3) is 0 Å². The Balaban J connectivity index is 1.68. The maximum absolute atomic E-state index is 4.86. The fourth-order valence-corrected chi connectivity index (χ4v) is 6.83. The Hall–Kier alpha value is -1.13. The van der Waals surface area contributed by atoms with Crippen LogP contribution in [0.4, 0.5) is 5.13 Å². The predicted octanol–water partition coefficient (Wildman–Crippen LogP) is 4.42. The summed E-state index contributed by atoms with van der Waals surface area (Å²) in [5.74, 6) is 0.863. The third-order valence-corrected chi connectivity index (χ3v) is 7.92. The fraction of sp³-hybridized carbons (Fsp3) is 0.650. The van der Waals surface area contributed by atoms with Crippen molar-refractivity contribution in [3.8, 4) is 0 Å². The fourth-order valence-electron chi connectivity index (χ4n) is 5.85. The monoisotopic (exact) mass is 341 g/mol. The Morgan fingerprint density at radius 2 is 2.25 bits per heavy atom. The summed E-state index contributed by atoms with van der Waals surface area (Å²) in [4.78, 5) is 7.51. The number of rotatable bonds is 2. The molecule has 0 unspecified atom stereocenters. The highest BCUT2D eigenvalue weighted by atomic mass is 32.1. The van der Waals surface area contributed by atoms with E-state index in [1.165, 1.54) is 55.3 Å². The molecule has 4 heteroatoms. The second-order valence-electron chi connectivity index (χ2n) is 8.04. The molecular weight excluding hydrogens is 314 g/mol. The molecule has 3 nitrogen and oxygen atoms in total. The van der Waals surface area contributed by atoms with Gasteiger partial charge in [-0.25, -0.2) is 4.98 Å². The lowest BCUT2D eigenvalue weighted by Crippen LogP contribution is -2.59. The Kier molecular flexibility index (Phi) is 3.43. The largest absolute Gasteiger partial charge is 0.362 e. The van der Waals surface area contributed by atoms with Crippen LogP contribution in [0.5, 0.6) is 0 Å². The number of likely N-dealkylation sites (tertiary alicyclic amines) is 1. The first-order valence-corrected chi connectivity index (χ1v) is 10.4. The Morgan fingerprint density at radius 1 is 1.33 bits per heavy atom. The molecule has 0 amide bonds. The van der Waals surface area contributed by atoms with Crippen LogP contribution in [0.15, 0.2) is 12.1 Å². The molecule has 2 heterocycles. The van der Waals surface area contributed by atoms with E-state index in [1.54, 1.807) is 11.1 Å². The minimum Gasteiger partial charge on any atom is -0.362 e. The number of hydrogen-bond acceptors (Lipinski definition) is 4. The molecule has 24 heavy (non-hydrogen) atoms. The molecular formula is C20H27N3S. The summed E-state index contributed by atoms with van der Waals surface area (Å²) in [6, 6.07) is 5.70. The number of aromatic nitrogens is 1. The van der Waals surface area contributed by atoms with Crippen molar-refractivity contribution in [2.24, 2.45) is 5.92 Å². The van der Waals surface area contributed by atoms with Gasteiger partial charge < -0.3 is 10.2 Å². The van der Waals surface area contributed by atoms with Gasteiger partial charge in [0.05, 0.1) is 10.2 Å². The summed E-state index contributed by atoms with van der Waals surface area (Å²) < 4.78 is 1.36. The van der Waals surface area contributed by atoms with Crippen LogP contribution in [-0.4, -0.2) is 36.1 Å². The first kappa shape index (κ1) is 15.2. The molecule has 1 saturated heterocycles. The van der Waals surface area contributed by atoms with Gasteiger partial charge in [0.2, 0.25) is 0 Å². The predicted molar refractivity (Wildman–Crippen MR) is 102 cm³/mol. The molecule has 1 saturated carbocycles. The van der Waals surface area contributed by atoms with Crippen molar-refractivity contribution in [3.63, 3.8) is 0 Å². The molecule has 128 valence electrons. The van der Waals surface area contributed by atoms with Crippen LogP contribution in [0.2, 0.25) is 0 Å². The summed E-state index contributed by atoms with van der Waals surface area (Å²) in [5, 5.41) is 4.47. The zero-order valence-corrected chi connectivity index (χ0v) is 15.6. The Labute approximate surface area is 148 Å². The van der Waals surface area contributed by atoms with E-state index in [2.05, 4.69) is 36.3 Å². The SMILES string of the molecule is CCNc1nc2cc3c(cc2s1)C[C@@H]1[C@@H]2CCCC[C@]32CCN1C. The summed E-state index contributed by atoms with van der Waals surface area (Å²) in [7, 11) is 2.35.